The van der Waals surface area contributed by atoms with Gasteiger partial charge in [0.05, 0.1) is 6.54 Å². The summed E-state index contributed by atoms with van der Waals surface area (Å²) in [5, 5.41) is 8.65. The van der Waals surface area contributed by atoms with Gasteiger partial charge >= 0.3 is 5.97 Å². The number of hydrogen-bond donors (Lipinski definition) is 1. The molecule has 1 saturated heterocycles. The van der Waals surface area contributed by atoms with E-state index < -0.39 is 5.97 Å². The van der Waals surface area contributed by atoms with E-state index >= 15 is 0 Å². The number of fused-ring (bicyclic) bond motifs is 2. The molecular weight excluding hydrogens is 154 g/mol. The topological polar surface area (TPSA) is 40.5 Å². The van der Waals surface area contributed by atoms with Crippen molar-refractivity contribution in [2.24, 2.45) is 5.92 Å². The molecule has 0 amide bonds. The van der Waals surface area contributed by atoms with Crippen molar-refractivity contribution in [2.45, 2.75) is 18.9 Å². The Bertz CT molecular complexity index is 249. The Kier molecular flexibility index (Phi) is 1.51. The molecule has 1 N–H and O–H groups in total. The van der Waals surface area contributed by atoms with E-state index in [1.54, 1.807) is 0 Å². The van der Waals surface area contributed by atoms with Gasteiger partial charge in [-0.1, -0.05) is 12.2 Å². The van der Waals surface area contributed by atoms with Gasteiger partial charge in [-0.25, -0.2) is 0 Å². The van der Waals surface area contributed by atoms with Crippen molar-refractivity contribution in [2.75, 3.05) is 13.1 Å². The summed E-state index contributed by atoms with van der Waals surface area (Å²) in [6.07, 6.45) is 5.45. The molecule has 66 valence electrons. The standard InChI is InChI=1S/C9H13NO2/c1-9-3-2-7(4-9)5-10(9)6-8(11)12/h2-3,7H,4-6H2,1H3,(H,11,12). The smallest absolute Gasteiger partial charge is 0.317 e. The second-order valence-electron chi connectivity index (χ2n) is 3.95. The summed E-state index contributed by atoms with van der Waals surface area (Å²) >= 11 is 0. The molecule has 0 aromatic carbocycles. The summed E-state index contributed by atoms with van der Waals surface area (Å²) < 4.78 is 0. The van der Waals surface area contributed by atoms with Gasteiger partial charge in [-0.2, -0.15) is 0 Å². The second-order valence-corrected chi connectivity index (χ2v) is 3.95. The van der Waals surface area contributed by atoms with Gasteiger partial charge < -0.3 is 5.11 Å². The molecule has 0 radical (unpaired) electrons. The van der Waals surface area contributed by atoms with Crippen LogP contribution < -0.4 is 0 Å². The number of carboxylic acid groups (broad SMARTS) is 1. The Morgan fingerprint density at radius 3 is 3.00 bits per heavy atom. The number of carboxylic acids is 1. The van der Waals surface area contributed by atoms with E-state index in [9.17, 15) is 4.79 Å². The van der Waals surface area contributed by atoms with Gasteiger partial charge in [-0.15, -0.1) is 0 Å². The zero-order valence-electron chi connectivity index (χ0n) is 7.16. The first-order valence-electron chi connectivity index (χ1n) is 4.26. The third-order valence-electron chi connectivity index (χ3n) is 2.91. The molecule has 3 nitrogen and oxygen atoms in total. The van der Waals surface area contributed by atoms with E-state index in [0.29, 0.717) is 5.92 Å². The van der Waals surface area contributed by atoms with Crippen LogP contribution >= 0.6 is 0 Å². The Morgan fingerprint density at radius 1 is 1.83 bits per heavy atom. The van der Waals surface area contributed by atoms with Crippen LogP contribution in [0.2, 0.25) is 0 Å². The summed E-state index contributed by atoms with van der Waals surface area (Å²) in [4.78, 5) is 12.5. The van der Waals surface area contributed by atoms with Gasteiger partial charge in [0.25, 0.3) is 0 Å². The molecule has 0 aromatic rings. The van der Waals surface area contributed by atoms with Crippen LogP contribution in [-0.4, -0.2) is 34.6 Å². The number of aliphatic carboxylic acids is 1. The van der Waals surface area contributed by atoms with E-state index in [2.05, 4.69) is 19.1 Å². The fourth-order valence-electron chi connectivity index (χ4n) is 2.27. The SMILES string of the molecule is CC12C=CC(CN1CC(=O)O)C2. The van der Waals surface area contributed by atoms with Gasteiger partial charge in [0.2, 0.25) is 0 Å². The highest BCUT2D eigenvalue weighted by molar-refractivity contribution is 5.69. The van der Waals surface area contributed by atoms with Crippen LogP contribution in [0.1, 0.15) is 13.3 Å². The average Bonchev–Trinajstić information content (AvgIpc) is 2.42. The average molecular weight is 167 g/mol. The minimum Gasteiger partial charge on any atom is -0.480 e. The van der Waals surface area contributed by atoms with E-state index in [-0.39, 0.29) is 12.1 Å². The molecule has 1 aliphatic carbocycles. The molecule has 0 aromatic heterocycles. The molecule has 1 aliphatic heterocycles. The van der Waals surface area contributed by atoms with Crippen LogP contribution in [0.5, 0.6) is 0 Å². The predicted octanol–water partition coefficient (Wildman–Crippen LogP) is 0.721. The minimum absolute atomic E-state index is 0.0308. The van der Waals surface area contributed by atoms with Crippen molar-refractivity contribution >= 4 is 5.97 Å². The Labute approximate surface area is 71.7 Å². The zero-order valence-corrected chi connectivity index (χ0v) is 7.16. The first-order valence-corrected chi connectivity index (χ1v) is 4.26. The van der Waals surface area contributed by atoms with E-state index in [4.69, 9.17) is 5.11 Å². The van der Waals surface area contributed by atoms with Crippen LogP contribution in [0.3, 0.4) is 0 Å². The number of rotatable bonds is 2. The lowest BCUT2D eigenvalue weighted by Gasteiger charge is -2.31. The summed E-state index contributed by atoms with van der Waals surface area (Å²) in [6, 6.07) is 0. The lowest BCUT2D eigenvalue weighted by molar-refractivity contribution is -0.139. The lowest BCUT2D eigenvalue weighted by atomic mass is 10.0. The van der Waals surface area contributed by atoms with Crippen molar-refractivity contribution in [3.8, 4) is 0 Å². The maximum Gasteiger partial charge on any atom is 0.317 e. The van der Waals surface area contributed by atoms with Crippen LogP contribution in [0.25, 0.3) is 0 Å². The molecule has 2 bridgehead atoms. The molecule has 2 aliphatic rings. The fourth-order valence-corrected chi connectivity index (χ4v) is 2.27. The molecule has 1 heterocycles. The summed E-state index contributed by atoms with van der Waals surface area (Å²) in [5.41, 5.74) is 0.0308. The van der Waals surface area contributed by atoms with Gasteiger partial charge in [0.15, 0.2) is 0 Å². The van der Waals surface area contributed by atoms with Crippen LogP contribution in [-0.2, 0) is 4.79 Å². The number of likely N-dealkylation sites (tertiary alicyclic amines) is 1. The Hall–Kier alpha value is -0.830. The third-order valence-corrected chi connectivity index (χ3v) is 2.91. The quantitative estimate of drug-likeness (QED) is 0.616. The molecule has 2 unspecified atom stereocenters. The molecular formula is C9H13NO2. The highest BCUT2D eigenvalue weighted by Crippen LogP contribution is 2.40. The number of hydrogen-bond acceptors (Lipinski definition) is 2. The van der Waals surface area contributed by atoms with Crippen molar-refractivity contribution in [1.82, 2.24) is 4.90 Å². The molecule has 0 spiro atoms. The van der Waals surface area contributed by atoms with E-state index in [0.717, 1.165) is 13.0 Å². The Balaban J connectivity index is 2.10. The Morgan fingerprint density at radius 2 is 2.58 bits per heavy atom. The van der Waals surface area contributed by atoms with Crippen molar-refractivity contribution in [3.05, 3.63) is 12.2 Å². The normalized spacial score (nSPS) is 39.2. The van der Waals surface area contributed by atoms with Crippen LogP contribution in [0, 0.1) is 5.92 Å². The summed E-state index contributed by atoms with van der Waals surface area (Å²) in [5.74, 6) is -0.133. The summed E-state index contributed by atoms with van der Waals surface area (Å²) in [7, 11) is 0. The number of nitrogens with zero attached hydrogens (tertiary/aromatic N) is 1. The van der Waals surface area contributed by atoms with Gasteiger partial charge in [-0.05, 0) is 19.3 Å². The third kappa shape index (κ3) is 1.05. The highest BCUT2D eigenvalue weighted by Gasteiger charge is 2.43. The first kappa shape index (κ1) is 7.80. The molecule has 2 rings (SSSR count). The zero-order chi connectivity index (χ0) is 8.77. The molecule has 2 atom stereocenters. The first-order chi connectivity index (χ1) is 5.60. The molecule has 1 fully saturated rings. The maximum atomic E-state index is 10.5. The maximum absolute atomic E-state index is 10.5. The minimum atomic E-state index is -0.725. The largest absolute Gasteiger partial charge is 0.480 e. The van der Waals surface area contributed by atoms with Gasteiger partial charge in [0.1, 0.15) is 0 Å². The molecule has 3 heteroatoms. The van der Waals surface area contributed by atoms with Crippen molar-refractivity contribution in [1.29, 1.82) is 0 Å². The van der Waals surface area contributed by atoms with Crippen molar-refractivity contribution < 1.29 is 9.90 Å². The monoisotopic (exact) mass is 167 g/mol. The van der Waals surface area contributed by atoms with E-state index in [1.807, 2.05) is 4.90 Å². The second kappa shape index (κ2) is 2.33. The summed E-state index contributed by atoms with van der Waals surface area (Å²) in [6.45, 7) is 3.20. The van der Waals surface area contributed by atoms with E-state index in [1.165, 1.54) is 0 Å². The van der Waals surface area contributed by atoms with Crippen molar-refractivity contribution in [3.63, 3.8) is 0 Å². The molecule has 12 heavy (non-hydrogen) atoms. The lowest BCUT2D eigenvalue weighted by Crippen LogP contribution is -2.42. The predicted molar refractivity (Wildman–Crippen MR) is 44.9 cm³/mol. The molecule has 0 saturated carbocycles. The van der Waals surface area contributed by atoms with Crippen LogP contribution in [0.15, 0.2) is 12.2 Å². The highest BCUT2D eigenvalue weighted by atomic mass is 16.4. The number of carbonyl (C=O) groups is 1. The van der Waals surface area contributed by atoms with Gasteiger partial charge in [-0.3, -0.25) is 9.69 Å². The fraction of sp³-hybridized carbons (Fsp3) is 0.667. The van der Waals surface area contributed by atoms with Gasteiger partial charge in [0, 0.05) is 12.1 Å². The van der Waals surface area contributed by atoms with Crippen LogP contribution in [0.4, 0.5) is 0 Å².